The molecule has 1 unspecified atom stereocenters. The molecule has 142 valence electrons. The number of aldehydes is 1. The van der Waals surface area contributed by atoms with Crippen molar-refractivity contribution in [2.75, 3.05) is 18.6 Å². The van der Waals surface area contributed by atoms with Gasteiger partial charge in [-0.15, -0.1) is 9.24 Å². The number of nitrogens with zero attached hydrogens (tertiary/aromatic N) is 1. The van der Waals surface area contributed by atoms with E-state index in [-0.39, 0.29) is 12.1 Å². The van der Waals surface area contributed by atoms with Gasteiger partial charge in [-0.1, -0.05) is 37.3 Å². The Kier molecular flexibility index (Phi) is 4.84. The summed E-state index contributed by atoms with van der Waals surface area (Å²) in [5, 5.41) is 1.17. The summed E-state index contributed by atoms with van der Waals surface area (Å²) in [4.78, 5) is 14.5. The zero-order valence-electron chi connectivity index (χ0n) is 16.0. The first-order valence-electron chi connectivity index (χ1n) is 9.36. The van der Waals surface area contributed by atoms with Gasteiger partial charge in [-0.2, -0.15) is 0 Å². The van der Waals surface area contributed by atoms with Gasteiger partial charge in [-0.3, -0.25) is 0 Å². The van der Waals surface area contributed by atoms with Crippen molar-refractivity contribution < 1.29 is 14.3 Å². The Labute approximate surface area is 163 Å². The van der Waals surface area contributed by atoms with E-state index in [0.717, 1.165) is 12.8 Å². The van der Waals surface area contributed by atoms with Crippen molar-refractivity contribution in [2.24, 2.45) is 5.41 Å². The molecule has 0 spiro atoms. The predicted octanol–water partition coefficient (Wildman–Crippen LogP) is 3.18. The topological polar surface area (TPSA) is 38.8 Å². The van der Waals surface area contributed by atoms with Crippen molar-refractivity contribution in [2.45, 2.75) is 38.7 Å². The van der Waals surface area contributed by atoms with Gasteiger partial charge in [0.25, 0.3) is 0 Å². The number of ether oxygens (including phenoxy) is 2. The Balaban J connectivity index is 1.82. The molecule has 0 saturated carbocycles. The van der Waals surface area contributed by atoms with Crippen LogP contribution in [0.5, 0.6) is 0 Å². The molecular weight excluding hydrogens is 357 g/mol. The van der Waals surface area contributed by atoms with Crippen molar-refractivity contribution in [1.82, 2.24) is 0 Å². The van der Waals surface area contributed by atoms with E-state index < -0.39 is 11.7 Å². The number of fused-ring (bicyclic) bond motifs is 3. The Hall–Kier alpha value is -1.74. The van der Waals surface area contributed by atoms with E-state index in [0.29, 0.717) is 6.42 Å². The van der Waals surface area contributed by atoms with Crippen LogP contribution in [-0.2, 0) is 20.7 Å². The summed E-state index contributed by atoms with van der Waals surface area (Å²) < 4.78 is 11.6. The molecule has 2 heterocycles. The first kappa shape index (κ1) is 18.6. The molecule has 0 aliphatic carbocycles. The lowest BCUT2D eigenvalue weighted by Gasteiger charge is -2.53. The summed E-state index contributed by atoms with van der Waals surface area (Å²) in [5.41, 5.74) is 4.20. The van der Waals surface area contributed by atoms with E-state index in [2.05, 4.69) is 50.5 Å². The lowest BCUT2D eigenvalue weighted by Crippen LogP contribution is -2.64. The van der Waals surface area contributed by atoms with Crippen LogP contribution in [0.25, 0.3) is 11.1 Å². The van der Waals surface area contributed by atoms with E-state index in [1.54, 1.807) is 7.11 Å². The van der Waals surface area contributed by atoms with Crippen molar-refractivity contribution in [3.05, 3.63) is 48.0 Å². The van der Waals surface area contributed by atoms with Gasteiger partial charge < -0.3 is 19.2 Å². The SMILES string of the molecule is CO[C@@H]1O[C@H](C)CN2c3ccc(-c4ccccc4P)cc3C[C@@](C)(C=O)[C@@H]12. The van der Waals surface area contributed by atoms with E-state index in [4.69, 9.17) is 9.47 Å². The Morgan fingerprint density at radius 2 is 2.07 bits per heavy atom. The van der Waals surface area contributed by atoms with Crippen LogP contribution in [0.2, 0.25) is 0 Å². The minimum absolute atomic E-state index is 0.0421. The van der Waals surface area contributed by atoms with Gasteiger partial charge in [0.2, 0.25) is 0 Å². The van der Waals surface area contributed by atoms with Crippen molar-refractivity contribution in [3.8, 4) is 11.1 Å². The number of morpholine rings is 1. The summed E-state index contributed by atoms with van der Waals surface area (Å²) in [6.45, 7) is 4.82. The molecule has 2 aliphatic heterocycles. The molecule has 2 aliphatic rings. The Morgan fingerprint density at radius 1 is 1.30 bits per heavy atom. The molecule has 5 heteroatoms. The second kappa shape index (κ2) is 7.01. The highest BCUT2D eigenvalue weighted by molar-refractivity contribution is 7.28. The minimum Gasteiger partial charge on any atom is -0.360 e. The van der Waals surface area contributed by atoms with Crippen LogP contribution >= 0.6 is 9.24 Å². The van der Waals surface area contributed by atoms with Crippen LogP contribution in [0, 0.1) is 5.41 Å². The van der Waals surface area contributed by atoms with Gasteiger partial charge in [0.05, 0.1) is 17.6 Å². The highest BCUT2D eigenvalue weighted by Gasteiger charge is 2.51. The van der Waals surface area contributed by atoms with Crippen LogP contribution < -0.4 is 10.2 Å². The van der Waals surface area contributed by atoms with Gasteiger partial charge in [-0.25, -0.2) is 0 Å². The van der Waals surface area contributed by atoms with Crippen molar-refractivity contribution in [3.63, 3.8) is 0 Å². The number of hydrogen-bond donors (Lipinski definition) is 0. The number of carbonyl (C=O) groups is 1. The third-order valence-corrected chi connectivity index (χ3v) is 6.33. The zero-order valence-corrected chi connectivity index (χ0v) is 17.2. The fraction of sp³-hybridized carbons (Fsp3) is 0.409. The average Bonchev–Trinajstić information content (AvgIpc) is 2.67. The van der Waals surface area contributed by atoms with Gasteiger partial charge >= 0.3 is 0 Å². The maximum Gasteiger partial charge on any atom is 0.178 e. The number of hydrogen-bond acceptors (Lipinski definition) is 4. The van der Waals surface area contributed by atoms with E-state index in [1.807, 2.05) is 19.9 Å². The Bertz CT molecular complexity index is 870. The summed E-state index contributed by atoms with van der Waals surface area (Å²) in [5.74, 6) is 0. The summed E-state index contributed by atoms with van der Waals surface area (Å²) in [6.07, 6.45) is 1.39. The fourth-order valence-electron chi connectivity index (χ4n) is 4.54. The van der Waals surface area contributed by atoms with Gasteiger partial charge in [0.15, 0.2) is 6.29 Å². The molecule has 0 aromatic heterocycles. The molecule has 0 bridgehead atoms. The monoisotopic (exact) mass is 383 g/mol. The molecule has 1 fully saturated rings. The molecular formula is C22H26NO3P. The van der Waals surface area contributed by atoms with Gasteiger partial charge in [0, 0.05) is 19.3 Å². The van der Waals surface area contributed by atoms with Crippen LogP contribution in [0.1, 0.15) is 19.4 Å². The number of methoxy groups -OCH3 is 1. The first-order valence-corrected chi connectivity index (χ1v) is 9.93. The van der Waals surface area contributed by atoms with Crippen LogP contribution in [-0.4, -0.2) is 38.4 Å². The van der Waals surface area contributed by atoms with Crippen molar-refractivity contribution in [1.29, 1.82) is 0 Å². The molecule has 0 amide bonds. The standard InChI is InChI=1S/C22H26NO3P/c1-14-12-23-18-9-8-15(17-6-4-5-7-19(17)27)10-16(18)11-22(2,13-24)20(23)21(25-3)26-14/h4-10,13-14,20-21H,11-12,27H2,1-3H3/t14-,20-,21-,22+/m1/s1. The maximum atomic E-state index is 12.2. The van der Waals surface area contributed by atoms with Gasteiger partial charge in [-0.05, 0) is 47.5 Å². The summed E-state index contributed by atoms with van der Waals surface area (Å²) in [6, 6.07) is 14.8. The highest BCUT2D eigenvalue weighted by atomic mass is 31.0. The number of carbonyl (C=O) groups excluding carboxylic acids is 1. The zero-order chi connectivity index (χ0) is 19.2. The van der Waals surface area contributed by atoms with E-state index in [1.165, 1.54) is 27.7 Å². The fourth-order valence-corrected chi connectivity index (χ4v) is 4.92. The summed E-state index contributed by atoms with van der Waals surface area (Å²) in [7, 11) is 4.46. The van der Waals surface area contributed by atoms with Crippen LogP contribution in [0.4, 0.5) is 5.69 Å². The third kappa shape index (κ3) is 3.10. The lowest BCUT2D eigenvalue weighted by atomic mass is 9.72. The highest BCUT2D eigenvalue weighted by Crippen LogP contribution is 2.45. The quantitative estimate of drug-likeness (QED) is 0.603. The normalized spacial score (nSPS) is 29.8. The van der Waals surface area contributed by atoms with Gasteiger partial charge in [0.1, 0.15) is 6.29 Å². The number of benzene rings is 2. The van der Waals surface area contributed by atoms with Crippen LogP contribution in [0.3, 0.4) is 0 Å². The first-order chi connectivity index (χ1) is 13.0. The predicted molar refractivity (Wildman–Crippen MR) is 112 cm³/mol. The largest absolute Gasteiger partial charge is 0.360 e. The molecule has 2 aromatic rings. The lowest BCUT2D eigenvalue weighted by molar-refractivity contribution is -0.195. The molecule has 0 radical (unpaired) electrons. The van der Waals surface area contributed by atoms with E-state index in [9.17, 15) is 4.79 Å². The molecule has 0 N–H and O–H groups in total. The number of anilines is 1. The molecule has 5 atom stereocenters. The Morgan fingerprint density at radius 3 is 2.78 bits per heavy atom. The molecule has 27 heavy (non-hydrogen) atoms. The third-order valence-electron chi connectivity index (χ3n) is 5.82. The molecule has 4 nitrogen and oxygen atoms in total. The molecule has 2 aromatic carbocycles. The smallest absolute Gasteiger partial charge is 0.178 e. The number of rotatable bonds is 3. The average molecular weight is 383 g/mol. The van der Waals surface area contributed by atoms with Crippen LogP contribution in [0.15, 0.2) is 42.5 Å². The second-order valence-corrected chi connectivity index (χ2v) is 8.50. The molecule has 1 saturated heterocycles. The minimum atomic E-state index is -0.563. The second-order valence-electron chi connectivity index (χ2n) is 7.88. The van der Waals surface area contributed by atoms with Crippen molar-refractivity contribution >= 4 is 26.5 Å². The molecule has 4 rings (SSSR count). The van der Waals surface area contributed by atoms with E-state index >= 15 is 0 Å². The maximum absolute atomic E-state index is 12.2. The summed E-state index contributed by atoms with van der Waals surface area (Å²) >= 11 is 0.